The van der Waals surface area contributed by atoms with Gasteiger partial charge in [0.25, 0.3) is 0 Å². The summed E-state index contributed by atoms with van der Waals surface area (Å²) in [7, 11) is 1.72. The second-order valence-corrected chi connectivity index (χ2v) is 5.54. The Kier molecular flexibility index (Phi) is 6.34. The molecule has 0 saturated heterocycles. The van der Waals surface area contributed by atoms with Crippen molar-refractivity contribution in [3.05, 3.63) is 29.8 Å². The average molecular weight is 277 g/mol. The first-order valence-corrected chi connectivity index (χ1v) is 7.79. The summed E-state index contributed by atoms with van der Waals surface area (Å²) in [6.45, 7) is 4.66. The van der Waals surface area contributed by atoms with Crippen molar-refractivity contribution >= 4 is 0 Å². The molecule has 1 unspecified atom stereocenters. The third-order valence-corrected chi connectivity index (χ3v) is 4.08. The van der Waals surface area contributed by atoms with Gasteiger partial charge >= 0.3 is 0 Å². The number of hydrogen-bond acceptors (Lipinski definition) is 3. The molecule has 0 heterocycles. The summed E-state index contributed by atoms with van der Waals surface area (Å²) >= 11 is 0. The third-order valence-electron chi connectivity index (χ3n) is 4.08. The second kappa shape index (κ2) is 8.28. The monoisotopic (exact) mass is 277 g/mol. The Morgan fingerprint density at radius 1 is 1.25 bits per heavy atom. The van der Waals surface area contributed by atoms with Crippen LogP contribution in [0.5, 0.6) is 5.75 Å². The summed E-state index contributed by atoms with van der Waals surface area (Å²) in [6, 6.07) is 8.39. The number of nitrogens with one attached hydrogen (secondary N) is 1. The van der Waals surface area contributed by atoms with Gasteiger partial charge in [-0.2, -0.15) is 0 Å². The molecule has 20 heavy (non-hydrogen) atoms. The molecule has 0 spiro atoms. The van der Waals surface area contributed by atoms with Crippen LogP contribution in [-0.2, 0) is 4.74 Å². The highest BCUT2D eigenvalue weighted by Gasteiger charge is 2.18. The lowest BCUT2D eigenvalue weighted by Crippen LogP contribution is -2.26. The molecule has 0 aliphatic heterocycles. The molecule has 1 N–H and O–H groups in total. The molecule has 112 valence electrons. The molecule has 1 atom stereocenters. The zero-order valence-corrected chi connectivity index (χ0v) is 12.7. The summed E-state index contributed by atoms with van der Waals surface area (Å²) < 4.78 is 11.4. The first-order chi connectivity index (χ1) is 9.85. The number of likely N-dealkylation sites (N-methyl/N-ethyl adjacent to an activating group) is 1. The summed E-state index contributed by atoms with van der Waals surface area (Å²) in [5, 5.41) is 3.49. The van der Waals surface area contributed by atoms with Crippen molar-refractivity contribution in [1.29, 1.82) is 0 Å². The number of hydrogen-bond donors (Lipinski definition) is 1. The molecule has 1 aromatic carbocycles. The van der Waals surface area contributed by atoms with Crippen LogP contribution in [0.3, 0.4) is 0 Å². The maximum Gasteiger partial charge on any atom is 0.123 e. The quantitative estimate of drug-likeness (QED) is 0.788. The van der Waals surface area contributed by atoms with Gasteiger partial charge in [-0.15, -0.1) is 0 Å². The Bertz CT molecular complexity index is 388. The van der Waals surface area contributed by atoms with E-state index in [4.69, 9.17) is 9.47 Å². The predicted molar refractivity (Wildman–Crippen MR) is 82.2 cm³/mol. The van der Waals surface area contributed by atoms with Crippen molar-refractivity contribution < 1.29 is 9.47 Å². The normalized spacial score (nSPS) is 17.3. The van der Waals surface area contributed by atoms with Crippen LogP contribution in [-0.4, -0.2) is 26.9 Å². The van der Waals surface area contributed by atoms with Crippen LogP contribution in [0.4, 0.5) is 0 Å². The lowest BCUT2D eigenvalue weighted by atomic mass is 10.1. The van der Waals surface area contributed by atoms with Gasteiger partial charge in [0.1, 0.15) is 5.75 Å². The van der Waals surface area contributed by atoms with Crippen LogP contribution >= 0.6 is 0 Å². The molecule has 1 aliphatic rings. The molecule has 1 aromatic rings. The van der Waals surface area contributed by atoms with Crippen LogP contribution < -0.4 is 10.1 Å². The molecular formula is C17H27NO2. The highest BCUT2D eigenvalue weighted by atomic mass is 16.5. The Morgan fingerprint density at radius 3 is 2.70 bits per heavy atom. The summed E-state index contributed by atoms with van der Waals surface area (Å²) in [4.78, 5) is 0. The Labute approximate surface area is 122 Å². The van der Waals surface area contributed by atoms with E-state index in [-0.39, 0.29) is 6.04 Å². The fraction of sp³-hybridized carbons (Fsp3) is 0.647. The van der Waals surface area contributed by atoms with E-state index in [1.165, 1.54) is 31.2 Å². The van der Waals surface area contributed by atoms with E-state index in [1.807, 2.05) is 12.1 Å². The highest BCUT2D eigenvalue weighted by molar-refractivity contribution is 5.35. The molecule has 2 rings (SSSR count). The highest BCUT2D eigenvalue weighted by Crippen LogP contribution is 2.27. The lowest BCUT2D eigenvalue weighted by Gasteiger charge is -2.21. The van der Waals surface area contributed by atoms with Crippen LogP contribution in [0.25, 0.3) is 0 Å². The Morgan fingerprint density at radius 2 is 2.00 bits per heavy atom. The predicted octanol–water partition coefficient (Wildman–Crippen LogP) is 3.55. The summed E-state index contributed by atoms with van der Waals surface area (Å²) in [5.74, 6) is 1.71. The zero-order chi connectivity index (χ0) is 14.2. The summed E-state index contributed by atoms with van der Waals surface area (Å²) in [5.41, 5.74) is 1.18. The molecule has 3 heteroatoms. The fourth-order valence-corrected chi connectivity index (χ4v) is 2.99. The molecule has 0 amide bonds. The molecular weight excluding hydrogens is 250 g/mol. The molecule has 0 radical (unpaired) electrons. The largest absolute Gasteiger partial charge is 0.496 e. The van der Waals surface area contributed by atoms with Gasteiger partial charge in [-0.3, -0.25) is 0 Å². The van der Waals surface area contributed by atoms with E-state index in [2.05, 4.69) is 24.4 Å². The maximum atomic E-state index is 5.97. The van der Waals surface area contributed by atoms with Gasteiger partial charge in [-0.25, -0.2) is 0 Å². The number of ether oxygens (including phenoxy) is 2. The molecule has 3 nitrogen and oxygen atoms in total. The lowest BCUT2D eigenvalue weighted by molar-refractivity contribution is 0.0826. The minimum atomic E-state index is 0.206. The van der Waals surface area contributed by atoms with Crippen LogP contribution in [0.15, 0.2) is 24.3 Å². The third kappa shape index (κ3) is 4.22. The topological polar surface area (TPSA) is 30.5 Å². The molecule has 0 bridgehead atoms. The van der Waals surface area contributed by atoms with Gasteiger partial charge in [-0.1, -0.05) is 38.0 Å². The van der Waals surface area contributed by atoms with E-state index in [0.717, 1.165) is 24.8 Å². The first kappa shape index (κ1) is 15.3. The van der Waals surface area contributed by atoms with Crippen molar-refractivity contribution in [2.45, 2.75) is 38.6 Å². The van der Waals surface area contributed by atoms with Gasteiger partial charge in [-0.05, 0) is 31.4 Å². The van der Waals surface area contributed by atoms with Crippen molar-refractivity contribution in [2.24, 2.45) is 5.92 Å². The molecule has 0 aromatic heterocycles. The van der Waals surface area contributed by atoms with Crippen molar-refractivity contribution in [2.75, 3.05) is 26.9 Å². The zero-order valence-electron chi connectivity index (χ0n) is 12.7. The van der Waals surface area contributed by atoms with Crippen molar-refractivity contribution in [3.63, 3.8) is 0 Å². The molecule has 1 fully saturated rings. The minimum absolute atomic E-state index is 0.206. The minimum Gasteiger partial charge on any atom is -0.496 e. The fourth-order valence-electron chi connectivity index (χ4n) is 2.99. The molecule has 1 saturated carbocycles. The van der Waals surface area contributed by atoms with Crippen LogP contribution in [0.1, 0.15) is 44.2 Å². The van der Waals surface area contributed by atoms with E-state index >= 15 is 0 Å². The summed E-state index contributed by atoms with van der Waals surface area (Å²) in [6.07, 6.45) is 5.41. The van der Waals surface area contributed by atoms with E-state index in [9.17, 15) is 0 Å². The smallest absolute Gasteiger partial charge is 0.123 e. The Hall–Kier alpha value is -1.06. The average Bonchev–Trinajstić information content (AvgIpc) is 2.99. The van der Waals surface area contributed by atoms with Crippen LogP contribution in [0.2, 0.25) is 0 Å². The van der Waals surface area contributed by atoms with Gasteiger partial charge in [0, 0.05) is 12.2 Å². The van der Waals surface area contributed by atoms with Gasteiger partial charge in [0.15, 0.2) is 0 Å². The van der Waals surface area contributed by atoms with E-state index in [1.54, 1.807) is 7.11 Å². The van der Waals surface area contributed by atoms with E-state index in [0.29, 0.717) is 6.61 Å². The van der Waals surface area contributed by atoms with Crippen LogP contribution in [0, 0.1) is 5.92 Å². The van der Waals surface area contributed by atoms with Gasteiger partial charge in [0.2, 0.25) is 0 Å². The SMILES string of the molecule is CCNC(COCC1CCCC1)c1ccccc1OC. The van der Waals surface area contributed by atoms with Gasteiger partial charge < -0.3 is 14.8 Å². The van der Waals surface area contributed by atoms with Crippen molar-refractivity contribution in [1.82, 2.24) is 5.32 Å². The first-order valence-electron chi connectivity index (χ1n) is 7.79. The van der Waals surface area contributed by atoms with Gasteiger partial charge in [0.05, 0.1) is 19.8 Å². The number of methoxy groups -OCH3 is 1. The Balaban J connectivity index is 1.91. The number of benzene rings is 1. The number of rotatable bonds is 8. The van der Waals surface area contributed by atoms with E-state index < -0.39 is 0 Å². The number of para-hydroxylation sites is 1. The van der Waals surface area contributed by atoms with Crippen molar-refractivity contribution in [3.8, 4) is 5.75 Å². The maximum absolute atomic E-state index is 5.97. The standard InChI is InChI=1S/C17H27NO2/c1-3-18-16(13-20-12-14-8-4-5-9-14)15-10-6-7-11-17(15)19-2/h6-7,10-11,14,16,18H,3-5,8-9,12-13H2,1-2H3. The molecule has 1 aliphatic carbocycles. The second-order valence-electron chi connectivity index (χ2n) is 5.54.